The van der Waals surface area contributed by atoms with E-state index in [1.165, 1.54) is 6.20 Å². The van der Waals surface area contributed by atoms with E-state index < -0.39 is 12.1 Å². The molecule has 1 unspecified atom stereocenters. The van der Waals surface area contributed by atoms with Gasteiger partial charge in [0, 0.05) is 18.3 Å². The number of rotatable bonds is 6. The Kier molecular flexibility index (Phi) is 5.96. The molecule has 0 fully saturated rings. The summed E-state index contributed by atoms with van der Waals surface area (Å²) in [4.78, 5) is 26.6. The van der Waals surface area contributed by atoms with Crippen LogP contribution in [0, 0.1) is 0 Å². The Labute approximate surface area is 148 Å². The fraction of sp³-hybridized carbons (Fsp3) is 0.421. The van der Waals surface area contributed by atoms with Gasteiger partial charge in [0.2, 0.25) is 0 Å². The number of esters is 1. The highest BCUT2D eigenvalue weighted by Gasteiger charge is 2.28. The summed E-state index contributed by atoms with van der Waals surface area (Å²) in [7, 11) is 0. The molecule has 2 aromatic rings. The van der Waals surface area contributed by atoms with E-state index >= 15 is 0 Å². The Morgan fingerprint density at radius 2 is 1.64 bits per heavy atom. The van der Waals surface area contributed by atoms with Crippen LogP contribution >= 0.6 is 0 Å². The lowest BCUT2D eigenvalue weighted by Crippen LogP contribution is -2.47. The molecule has 25 heavy (non-hydrogen) atoms. The van der Waals surface area contributed by atoms with Gasteiger partial charge in [0.1, 0.15) is 0 Å². The predicted molar refractivity (Wildman–Crippen MR) is 95.6 cm³/mol. The van der Waals surface area contributed by atoms with Crippen molar-refractivity contribution in [2.45, 2.75) is 52.8 Å². The molecule has 0 saturated carbocycles. The number of hydrogen-bond donors (Lipinski definition) is 0. The Morgan fingerprint density at radius 3 is 2.20 bits per heavy atom. The molecule has 1 aromatic heterocycles. The maximum Gasteiger partial charge on any atom is 0.342 e. The van der Waals surface area contributed by atoms with E-state index in [0.29, 0.717) is 5.56 Å². The van der Waals surface area contributed by atoms with Crippen molar-refractivity contribution < 1.29 is 14.3 Å². The number of amides is 1. The summed E-state index contributed by atoms with van der Waals surface area (Å²) in [6, 6.07) is 9.54. The largest absolute Gasteiger partial charge is 0.449 e. The molecule has 0 bridgehead atoms. The summed E-state index contributed by atoms with van der Waals surface area (Å²) in [5.41, 5.74) is 1.15. The number of carbonyl (C=O) groups is 2. The minimum Gasteiger partial charge on any atom is -0.449 e. The highest BCUT2D eigenvalue weighted by atomic mass is 16.5. The molecule has 1 atom stereocenters. The van der Waals surface area contributed by atoms with Crippen LogP contribution in [0.4, 0.5) is 0 Å². The van der Waals surface area contributed by atoms with E-state index in [9.17, 15) is 9.59 Å². The van der Waals surface area contributed by atoms with Crippen molar-refractivity contribution in [2.75, 3.05) is 0 Å². The molecule has 0 spiro atoms. The third kappa shape index (κ3) is 4.47. The summed E-state index contributed by atoms with van der Waals surface area (Å²) in [5.74, 6) is -0.760. The highest BCUT2D eigenvalue weighted by Crippen LogP contribution is 2.13. The molecule has 0 saturated heterocycles. The zero-order valence-corrected chi connectivity index (χ0v) is 15.3. The molecule has 6 heteroatoms. The molecule has 1 heterocycles. The van der Waals surface area contributed by atoms with Crippen LogP contribution in [-0.2, 0) is 9.53 Å². The average molecular weight is 343 g/mol. The first-order valence-corrected chi connectivity index (χ1v) is 8.44. The van der Waals surface area contributed by atoms with E-state index in [1.807, 2.05) is 58.0 Å². The van der Waals surface area contributed by atoms with Crippen molar-refractivity contribution in [3.63, 3.8) is 0 Å². The second kappa shape index (κ2) is 7.96. The van der Waals surface area contributed by atoms with Crippen molar-refractivity contribution in [1.29, 1.82) is 0 Å². The first-order valence-electron chi connectivity index (χ1n) is 8.44. The van der Waals surface area contributed by atoms with Crippen LogP contribution in [0.1, 0.15) is 45.0 Å². The summed E-state index contributed by atoms with van der Waals surface area (Å²) in [6.07, 6.45) is 2.18. The van der Waals surface area contributed by atoms with Crippen molar-refractivity contribution in [2.24, 2.45) is 0 Å². The van der Waals surface area contributed by atoms with Crippen molar-refractivity contribution in [3.8, 4) is 5.69 Å². The quantitative estimate of drug-likeness (QED) is 0.756. The molecular formula is C19H25N3O3. The SMILES string of the molecule is CC(OC(=O)c1cnn(-c2ccccc2)c1)C(=O)N(C(C)C)C(C)C. The van der Waals surface area contributed by atoms with E-state index in [-0.39, 0.29) is 18.0 Å². The topological polar surface area (TPSA) is 64.4 Å². The summed E-state index contributed by atoms with van der Waals surface area (Å²) in [6.45, 7) is 9.36. The van der Waals surface area contributed by atoms with Crippen molar-refractivity contribution in [1.82, 2.24) is 14.7 Å². The number of para-hydroxylation sites is 1. The monoisotopic (exact) mass is 343 g/mol. The van der Waals surface area contributed by atoms with E-state index in [4.69, 9.17) is 4.74 Å². The summed E-state index contributed by atoms with van der Waals surface area (Å²) in [5, 5.41) is 4.17. The van der Waals surface area contributed by atoms with E-state index in [1.54, 1.807) is 22.7 Å². The molecule has 2 rings (SSSR count). The van der Waals surface area contributed by atoms with Crippen molar-refractivity contribution in [3.05, 3.63) is 48.3 Å². The number of aromatic nitrogens is 2. The molecule has 0 radical (unpaired) electrons. The Hall–Kier alpha value is -2.63. The van der Waals surface area contributed by atoms with Crippen LogP contribution in [0.5, 0.6) is 0 Å². The Balaban J connectivity index is 2.07. The van der Waals surface area contributed by atoms with Gasteiger partial charge < -0.3 is 9.64 Å². The normalized spacial score (nSPS) is 12.3. The van der Waals surface area contributed by atoms with E-state index in [0.717, 1.165) is 5.69 Å². The lowest BCUT2D eigenvalue weighted by Gasteiger charge is -2.32. The average Bonchev–Trinajstić information content (AvgIpc) is 3.05. The van der Waals surface area contributed by atoms with Gasteiger partial charge in [-0.3, -0.25) is 4.79 Å². The second-order valence-corrected chi connectivity index (χ2v) is 6.49. The van der Waals surface area contributed by atoms with Crippen LogP contribution in [0.2, 0.25) is 0 Å². The van der Waals surface area contributed by atoms with Crippen LogP contribution in [-0.4, -0.2) is 44.7 Å². The third-order valence-electron chi connectivity index (χ3n) is 3.84. The zero-order valence-electron chi connectivity index (χ0n) is 15.3. The van der Waals surface area contributed by atoms with Crippen LogP contribution in [0.3, 0.4) is 0 Å². The Bertz CT molecular complexity index is 715. The number of nitrogens with zero attached hydrogens (tertiary/aromatic N) is 3. The van der Waals surface area contributed by atoms with Gasteiger partial charge in [-0.25, -0.2) is 9.48 Å². The molecule has 0 aliphatic carbocycles. The first kappa shape index (κ1) is 18.7. The molecule has 1 aromatic carbocycles. The smallest absolute Gasteiger partial charge is 0.342 e. The predicted octanol–water partition coefficient (Wildman–Crippen LogP) is 3.06. The van der Waals surface area contributed by atoms with Crippen LogP contribution < -0.4 is 0 Å². The Morgan fingerprint density at radius 1 is 1.04 bits per heavy atom. The van der Waals surface area contributed by atoms with Gasteiger partial charge in [0.05, 0.1) is 17.4 Å². The van der Waals surface area contributed by atoms with Crippen LogP contribution in [0.15, 0.2) is 42.7 Å². The minimum absolute atomic E-state index is 0.0366. The highest BCUT2D eigenvalue weighted by molar-refractivity contribution is 5.92. The number of hydrogen-bond acceptors (Lipinski definition) is 4. The maximum absolute atomic E-state index is 12.5. The molecule has 0 N–H and O–H groups in total. The van der Waals surface area contributed by atoms with Gasteiger partial charge in [-0.05, 0) is 46.8 Å². The second-order valence-electron chi connectivity index (χ2n) is 6.49. The lowest BCUT2D eigenvalue weighted by molar-refractivity contribution is -0.143. The third-order valence-corrected chi connectivity index (χ3v) is 3.84. The fourth-order valence-corrected chi connectivity index (χ4v) is 2.74. The number of carbonyl (C=O) groups excluding carboxylic acids is 2. The molecule has 6 nitrogen and oxygen atoms in total. The molecule has 134 valence electrons. The zero-order chi connectivity index (χ0) is 18.6. The molecule has 1 amide bonds. The fourth-order valence-electron chi connectivity index (χ4n) is 2.74. The van der Waals surface area contributed by atoms with Gasteiger partial charge >= 0.3 is 5.97 Å². The van der Waals surface area contributed by atoms with Crippen molar-refractivity contribution >= 4 is 11.9 Å². The summed E-state index contributed by atoms with van der Waals surface area (Å²) >= 11 is 0. The standard InChI is InChI=1S/C19H25N3O3/c1-13(2)22(14(3)4)18(23)15(5)25-19(24)16-11-20-21(12-16)17-9-7-6-8-10-17/h6-15H,1-5H3. The molecule has 0 aliphatic heterocycles. The maximum atomic E-state index is 12.5. The van der Waals surface area contributed by atoms with Crippen LogP contribution in [0.25, 0.3) is 5.69 Å². The van der Waals surface area contributed by atoms with Gasteiger partial charge in [0.15, 0.2) is 6.10 Å². The van der Waals surface area contributed by atoms with Gasteiger partial charge in [-0.1, -0.05) is 18.2 Å². The first-order chi connectivity index (χ1) is 11.8. The van der Waals surface area contributed by atoms with E-state index in [2.05, 4.69) is 5.10 Å². The summed E-state index contributed by atoms with van der Waals surface area (Å²) < 4.78 is 6.94. The molecule has 0 aliphatic rings. The number of ether oxygens (including phenoxy) is 1. The minimum atomic E-state index is -0.850. The number of benzene rings is 1. The van der Waals surface area contributed by atoms with Gasteiger partial charge in [-0.15, -0.1) is 0 Å². The molecular weight excluding hydrogens is 318 g/mol. The lowest BCUT2D eigenvalue weighted by atomic mass is 10.2. The van der Waals surface area contributed by atoms with Gasteiger partial charge in [0.25, 0.3) is 5.91 Å². The van der Waals surface area contributed by atoms with Gasteiger partial charge in [-0.2, -0.15) is 5.10 Å².